The Kier molecular flexibility index (Phi) is 5.81. The largest absolute Gasteiger partial charge is 0.456 e. The quantitative estimate of drug-likeness (QED) is 0.197. The third-order valence-electron chi connectivity index (χ3n) is 9.12. The number of furan rings is 2. The van der Waals surface area contributed by atoms with Gasteiger partial charge in [0.1, 0.15) is 22.3 Å². The first kappa shape index (κ1) is 26.6. The lowest BCUT2D eigenvalue weighted by Gasteiger charge is -2.11. The molecule has 48 heavy (non-hydrogen) atoms. The molecular formula is C43H25N3O2. The summed E-state index contributed by atoms with van der Waals surface area (Å²) >= 11 is 0. The Morgan fingerprint density at radius 3 is 1.75 bits per heavy atom. The fraction of sp³-hybridized carbons (Fsp3) is 0. The predicted molar refractivity (Wildman–Crippen MR) is 194 cm³/mol. The number of nitrogens with zero attached hydrogens (tertiary/aromatic N) is 3. The summed E-state index contributed by atoms with van der Waals surface area (Å²) in [7, 11) is 0. The third kappa shape index (κ3) is 4.15. The van der Waals surface area contributed by atoms with Crippen LogP contribution in [0.4, 0.5) is 0 Å². The number of aromatic nitrogens is 3. The Bertz CT molecular complexity index is 2840. The van der Waals surface area contributed by atoms with Crippen LogP contribution in [0, 0.1) is 0 Å². The molecule has 0 radical (unpaired) electrons. The lowest BCUT2D eigenvalue weighted by atomic mass is 9.97. The maximum Gasteiger partial charge on any atom is 0.164 e. The number of rotatable bonds is 4. The minimum Gasteiger partial charge on any atom is -0.456 e. The predicted octanol–water partition coefficient (Wildman–Crippen LogP) is 11.5. The van der Waals surface area contributed by atoms with E-state index in [0.29, 0.717) is 17.5 Å². The molecule has 0 spiro atoms. The van der Waals surface area contributed by atoms with E-state index >= 15 is 0 Å². The molecule has 10 aromatic rings. The molecule has 224 valence electrons. The van der Waals surface area contributed by atoms with Crippen molar-refractivity contribution in [2.24, 2.45) is 0 Å². The highest BCUT2D eigenvalue weighted by molar-refractivity contribution is 6.18. The summed E-state index contributed by atoms with van der Waals surface area (Å²) in [4.78, 5) is 15.5. The molecule has 0 atom stereocenters. The zero-order valence-electron chi connectivity index (χ0n) is 25.6. The first-order valence-corrected chi connectivity index (χ1v) is 15.9. The van der Waals surface area contributed by atoms with Crippen molar-refractivity contribution in [1.82, 2.24) is 15.0 Å². The first-order chi connectivity index (χ1) is 23.8. The Morgan fingerprint density at radius 2 is 0.958 bits per heavy atom. The van der Waals surface area contributed by atoms with E-state index in [-0.39, 0.29) is 0 Å². The standard InChI is InChI=1S/C43H25N3O2/c1-3-12-26(13-4-1)30-22-23-33(39-34-24-28-16-7-8-17-29(28)25-37(34)48-40(30)39)43-45-41(27-14-5-2-6-15-27)44-42(46-43)32-19-11-21-36-38(32)31-18-9-10-20-35(31)47-36/h1-25H. The van der Waals surface area contributed by atoms with E-state index in [1.165, 1.54) is 0 Å². The van der Waals surface area contributed by atoms with E-state index < -0.39 is 0 Å². The summed E-state index contributed by atoms with van der Waals surface area (Å²) in [5, 5.41) is 6.26. The van der Waals surface area contributed by atoms with E-state index in [1.54, 1.807) is 0 Å². The van der Waals surface area contributed by atoms with Gasteiger partial charge in [0.25, 0.3) is 0 Å². The van der Waals surface area contributed by atoms with Crippen molar-refractivity contribution >= 4 is 54.6 Å². The van der Waals surface area contributed by atoms with Crippen molar-refractivity contribution in [1.29, 1.82) is 0 Å². The van der Waals surface area contributed by atoms with Gasteiger partial charge in [-0.05, 0) is 52.7 Å². The van der Waals surface area contributed by atoms with Crippen LogP contribution in [0.3, 0.4) is 0 Å². The molecule has 5 nitrogen and oxygen atoms in total. The monoisotopic (exact) mass is 615 g/mol. The minimum absolute atomic E-state index is 0.573. The molecule has 0 saturated heterocycles. The zero-order chi connectivity index (χ0) is 31.6. The van der Waals surface area contributed by atoms with Crippen LogP contribution in [-0.2, 0) is 0 Å². The van der Waals surface area contributed by atoms with Gasteiger partial charge in [0.2, 0.25) is 0 Å². The average molecular weight is 616 g/mol. The Hall–Kier alpha value is -6.59. The van der Waals surface area contributed by atoms with Gasteiger partial charge < -0.3 is 8.83 Å². The number of hydrogen-bond acceptors (Lipinski definition) is 5. The van der Waals surface area contributed by atoms with E-state index in [9.17, 15) is 0 Å². The van der Waals surface area contributed by atoms with Crippen LogP contribution in [0.2, 0.25) is 0 Å². The van der Waals surface area contributed by atoms with E-state index in [2.05, 4.69) is 84.9 Å². The van der Waals surface area contributed by atoms with Gasteiger partial charge in [-0.2, -0.15) is 0 Å². The van der Waals surface area contributed by atoms with Crippen LogP contribution >= 0.6 is 0 Å². The molecular weight excluding hydrogens is 590 g/mol. The van der Waals surface area contributed by atoms with E-state index in [0.717, 1.165) is 82.5 Å². The number of para-hydroxylation sites is 1. The Balaban J connectivity index is 1.30. The SMILES string of the molecule is c1ccc(-c2nc(-c3cccc4oc5ccccc5c34)nc(-c3ccc(-c4ccccc4)c4oc5cc6ccccc6cc5c34)n2)cc1. The highest BCUT2D eigenvalue weighted by Gasteiger charge is 2.22. The van der Waals surface area contributed by atoms with Crippen LogP contribution in [0.15, 0.2) is 160 Å². The molecule has 0 fully saturated rings. The van der Waals surface area contributed by atoms with Crippen molar-refractivity contribution in [2.75, 3.05) is 0 Å². The smallest absolute Gasteiger partial charge is 0.164 e. The van der Waals surface area contributed by atoms with E-state index in [1.807, 2.05) is 66.7 Å². The lowest BCUT2D eigenvalue weighted by Crippen LogP contribution is -2.01. The second-order valence-corrected chi connectivity index (χ2v) is 12.0. The second kappa shape index (κ2) is 10.5. The minimum atomic E-state index is 0.573. The maximum atomic E-state index is 6.75. The molecule has 0 aliphatic carbocycles. The van der Waals surface area contributed by atoms with Gasteiger partial charge in [0.15, 0.2) is 17.5 Å². The summed E-state index contributed by atoms with van der Waals surface area (Å²) in [6.07, 6.45) is 0. The lowest BCUT2D eigenvalue weighted by molar-refractivity contribution is 0.669. The van der Waals surface area contributed by atoms with Gasteiger partial charge >= 0.3 is 0 Å². The summed E-state index contributed by atoms with van der Waals surface area (Å²) in [6, 6.07) is 51.5. The Morgan fingerprint density at radius 1 is 0.354 bits per heavy atom. The molecule has 0 bridgehead atoms. The van der Waals surface area contributed by atoms with Crippen LogP contribution in [-0.4, -0.2) is 15.0 Å². The number of hydrogen-bond donors (Lipinski definition) is 0. The van der Waals surface area contributed by atoms with Crippen molar-refractivity contribution in [2.45, 2.75) is 0 Å². The van der Waals surface area contributed by atoms with Gasteiger partial charge in [0.05, 0.1) is 0 Å². The molecule has 7 aromatic carbocycles. The summed E-state index contributed by atoms with van der Waals surface area (Å²) < 4.78 is 13.0. The fourth-order valence-electron chi connectivity index (χ4n) is 6.89. The van der Waals surface area contributed by atoms with Crippen molar-refractivity contribution < 1.29 is 8.83 Å². The first-order valence-electron chi connectivity index (χ1n) is 15.9. The molecule has 3 heterocycles. The van der Waals surface area contributed by atoms with Crippen LogP contribution in [0.25, 0.3) is 99.9 Å². The highest BCUT2D eigenvalue weighted by atomic mass is 16.3. The van der Waals surface area contributed by atoms with Crippen molar-refractivity contribution in [3.8, 4) is 45.3 Å². The van der Waals surface area contributed by atoms with Gasteiger partial charge in [0, 0.05) is 43.8 Å². The van der Waals surface area contributed by atoms with Crippen molar-refractivity contribution in [3.63, 3.8) is 0 Å². The highest BCUT2D eigenvalue weighted by Crippen LogP contribution is 2.43. The molecule has 10 rings (SSSR count). The Labute approximate surface area is 274 Å². The van der Waals surface area contributed by atoms with Crippen molar-refractivity contribution in [3.05, 3.63) is 152 Å². The molecule has 3 aromatic heterocycles. The molecule has 0 amide bonds. The third-order valence-corrected chi connectivity index (χ3v) is 9.12. The number of fused-ring (bicyclic) bond motifs is 7. The van der Waals surface area contributed by atoms with E-state index in [4.69, 9.17) is 23.8 Å². The molecule has 0 unspecified atom stereocenters. The average Bonchev–Trinajstić information content (AvgIpc) is 3.72. The van der Waals surface area contributed by atoms with Gasteiger partial charge in [-0.15, -0.1) is 0 Å². The molecule has 0 aliphatic heterocycles. The zero-order valence-corrected chi connectivity index (χ0v) is 25.6. The molecule has 0 aliphatic rings. The van der Waals surface area contributed by atoms with Crippen LogP contribution in [0.5, 0.6) is 0 Å². The number of benzene rings is 7. The van der Waals surface area contributed by atoms with Crippen LogP contribution < -0.4 is 0 Å². The molecule has 5 heteroatoms. The maximum absolute atomic E-state index is 6.75. The molecule has 0 N–H and O–H groups in total. The second-order valence-electron chi connectivity index (χ2n) is 12.0. The summed E-state index contributed by atoms with van der Waals surface area (Å²) in [6.45, 7) is 0. The summed E-state index contributed by atoms with van der Waals surface area (Å²) in [5.41, 5.74) is 8.01. The van der Waals surface area contributed by atoms with Crippen LogP contribution in [0.1, 0.15) is 0 Å². The summed E-state index contributed by atoms with van der Waals surface area (Å²) in [5.74, 6) is 1.75. The fourth-order valence-corrected chi connectivity index (χ4v) is 6.89. The van der Waals surface area contributed by atoms with Gasteiger partial charge in [-0.25, -0.2) is 15.0 Å². The van der Waals surface area contributed by atoms with Gasteiger partial charge in [-0.1, -0.05) is 115 Å². The van der Waals surface area contributed by atoms with Gasteiger partial charge in [-0.3, -0.25) is 0 Å². The normalized spacial score (nSPS) is 11.8. The topological polar surface area (TPSA) is 65.0 Å². The molecule has 0 saturated carbocycles.